The van der Waals surface area contributed by atoms with Gasteiger partial charge in [0.1, 0.15) is 10.7 Å². The van der Waals surface area contributed by atoms with Gasteiger partial charge in [-0.2, -0.15) is 0 Å². The summed E-state index contributed by atoms with van der Waals surface area (Å²) in [6.07, 6.45) is 1.56. The van der Waals surface area contributed by atoms with Gasteiger partial charge in [0.2, 0.25) is 10.0 Å². The van der Waals surface area contributed by atoms with Crippen LogP contribution in [0.5, 0.6) is 0 Å². The molecular formula is C13H23N3O3S. The zero-order valence-electron chi connectivity index (χ0n) is 12.4. The van der Waals surface area contributed by atoms with E-state index in [-0.39, 0.29) is 16.9 Å². The molecule has 0 aliphatic heterocycles. The average molecular weight is 301 g/mol. The van der Waals surface area contributed by atoms with E-state index in [4.69, 9.17) is 4.74 Å². The van der Waals surface area contributed by atoms with Gasteiger partial charge in [0.05, 0.1) is 6.61 Å². The number of aromatic nitrogens is 1. The van der Waals surface area contributed by atoms with Gasteiger partial charge >= 0.3 is 0 Å². The van der Waals surface area contributed by atoms with Crippen LogP contribution in [-0.4, -0.2) is 39.7 Å². The van der Waals surface area contributed by atoms with Crippen molar-refractivity contribution in [2.75, 3.05) is 25.6 Å². The minimum atomic E-state index is -3.63. The maximum absolute atomic E-state index is 12.5. The monoisotopic (exact) mass is 301 g/mol. The van der Waals surface area contributed by atoms with E-state index in [0.29, 0.717) is 19.0 Å². The molecule has 1 atom stereocenters. The Labute approximate surface area is 121 Å². The van der Waals surface area contributed by atoms with Crippen LogP contribution in [0.2, 0.25) is 0 Å². The highest BCUT2D eigenvalue weighted by molar-refractivity contribution is 7.89. The number of rotatable bonds is 8. The van der Waals surface area contributed by atoms with E-state index in [1.54, 1.807) is 19.4 Å². The molecule has 0 saturated heterocycles. The molecule has 1 aromatic heterocycles. The van der Waals surface area contributed by atoms with E-state index in [9.17, 15) is 8.42 Å². The predicted octanol–water partition coefficient (Wildman–Crippen LogP) is 1.46. The molecule has 114 valence electrons. The van der Waals surface area contributed by atoms with Crippen LogP contribution >= 0.6 is 0 Å². The zero-order valence-corrected chi connectivity index (χ0v) is 13.2. The number of hydrogen-bond donors (Lipinski definition) is 2. The lowest BCUT2D eigenvalue weighted by Crippen LogP contribution is -2.41. The molecule has 1 unspecified atom stereocenters. The first-order valence-electron chi connectivity index (χ1n) is 6.62. The minimum absolute atomic E-state index is 0.129. The molecule has 6 nitrogen and oxygen atoms in total. The van der Waals surface area contributed by atoms with Crippen LogP contribution in [0.15, 0.2) is 23.2 Å². The number of nitrogens with one attached hydrogen (secondary N) is 2. The normalized spacial score (nSPS) is 13.4. The van der Waals surface area contributed by atoms with Crippen molar-refractivity contribution in [1.82, 2.24) is 9.71 Å². The Morgan fingerprint density at radius 1 is 1.40 bits per heavy atom. The second-order valence-corrected chi connectivity index (χ2v) is 6.49. The Hall–Kier alpha value is -1.18. The highest BCUT2D eigenvalue weighted by atomic mass is 32.2. The summed E-state index contributed by atoms with van der Waals surface area (Å²) >= 11 is 0. The summed E-state index contributed by atoms with van der Waals surface area (Å²) in [5.74, 6) is 0.492. The van der Waals surface area contributed by atoms with Crippen molar-refractivity contribution in [2.24, 2.45) is 5.92 Å². The fraction of sp³-hybridized carbons (Fsp3) is 0.615. The van der Waals surface area contributed by atoms with Gasteiger partial charge in [-0.1, -0.05) is 13.8 Å². The summed E-state index contributed by atoms with van der Waals surface area (Å²) in [5, 5.41) is 2.96. The van der Waals surface area contributed by atoms with E-state index in [0.717, 1.165) is 0 Å². The van der Waals surface area contributed by atoms with Crippen molar-refractivity contribution >= 4 is 15.8 Å². The van der Waals surface area contributed by atoms with Crippen molar-refractivity contribution < 1.29 is 13.2 Å². The van der Waals surface area contributed by atoms with Gasteiger partial charge in [0, 0.05) is 25.9 Å². The predicted molar refractivity (Wildman–Crippen MR) is 79.2 cm³/mol. The van der Waals surface area contributed by atoms with Gasteiger partial charge < -0.3 is 10.1 Å². The van der Waals surface area contributed by atoms with E-state index in [1.165, 1.54) is 6.07 Å². The molecule has 0 aliphatic rings. The summed E-state index contributed by atoms with van der Waals surface area (Å²) in [4.78, 5) is 4.23. The fourth-order valence-corrected chi connectivity index (χ4v) is 3.22. The van der Waals surface area contributed by atoms with Crippen molar-refractivity contribution in [3.05, 3.63) is 18.3 Å². The standard InChI is InChI=1S/C13H23N3O3S/c1-5-14-13-12(7-6-8-15-13)20(17,18)16-11(9-19-4)10(2)3/h6-8,10-11,16H,5,9H2,1-4H3,(H,14,15). The molecule has 0 spiro atoms. The highest BCUT2D eigenvalue weighted by Gasteiger charge is 2.25. The topological polar surface area (TPSA) is 80.3 Å². The van der Waals surface area contributed by atoms with Crippen molar-refractivity contribution in [2.45, 2.75) is 31.7 Å². The second kappa shape index (κ2) is 7.56. The van der Waals surface area contributed by atoms with Crippen molar-refractivity contribution in [3.63, 3.8) is 0 Å². The maximum atomic E-state index is 12.5. The Kier molecular flexibility index (Phi) is 6.38. The smallest absolute Gasteiger partial charge is 0.244 e. The van der Waals surface area contributed by atoms with Crippen LogP contribution in [0.25, 0.3) is 0 Å². The number of anilines is 1. The lowest BCUT2D eigenvalue weighted by Gasteiger charge is -2.22. The van der Waals surface area contributed by atoms with Crippen LogP contribution in [0.4, 0.5) is 5.82 Å². The molecule has 0 aromatic carbocycles. The van der Waals surface area contributed by atoms with Gasteiger partial charge in [0.15, 0.2) is 0 Å². The molecule has 0 radical (unpaired) electrons. The second-order valence-electron chi connectivity index (χ2n) is 4.81. The SMILES string of the molecule is CCNc1ncccc1S(=O)(=O)NC(COC)C(C)C. The molecule has 2 N–H and O–H groups in total. The number of ether oxygens (including phenoxy) is 1. The first kappa shape index (κ1) is 16.9. The highest BCUT2D eigenvalue weighted by Crippen LogP contribution is 2.19. The molecule has 7 heteroatoms. The molecule has 1 heterocycles. The maximum Gasteiger partial charge on any atom is 0.244 e. The third kappa shape index (κ3) is 4.43. The van der Waals surface area contributed by atoms with Crippen molar-refractivity contribution in [3.8, 4) is 0 Å². The summed E-state index contributed by atoms with van der Waals surface area (Å²) in [5.41, 5.74) is 0. The quantitative estimate of drug-likeness (QED) is 0.760. The third-order valence-corrected chi connectivity index (χ3v) is 4.38. The summed E-state index contributed by atoms with van der Waals surface area (Å²) < 4.78 is 32.7. The molecule has 0 amide bonds. The van der Waals surface area contributed by atoms with Crippen molar-refractivity contribution in [1.29, 1.82) is 0 Å². The number of methoxy groups -OCH3 is 1. The number of pyridine rings is 1. The Balaban J connectivity index is 3.04. The first-order valence-corrected chi connectivity index (χ1v) is 8.10. The lowest BCUT2D eigenvalue weighted by molar-refractivity contribution is 0.157. The molecule has 20 heavy (non-hydrogen) atoms. The number of nitrogens with zero attached hydrogens (tertiary/aromatic N) is 1. The van der Waals surface area contributed by atoms with E-state index >= 15 is 0 Å². The Bertz CT molecular complexity index is 517. The van der Waals surface area contributed by atoms with E-state index < -0.39 is 10.0 Å². The average Bonchev–Trinajstić information content (AvgIpc) is 2.39. The zero-order chi connectivity index (χ0) is 15.2. The molecule has 0 aliphatic carbocycles. The molecule has 0 saturated carbocycles. The molecule has 1 rings (SSSR count). The Morgan fingerprint density at radius 3 is 2.65 bits per heavy atom. The van der Waals surface area contributed by atoms with E-state index in [2.05, 4.69) is 15.0 Å². The van der Waals surface area contributed by atoms with Crippen LogP contribution in [0.3, 0.4) is 0 Å². The van der Waals surface area contributed by atoms with Gasteiger partial charge in [-0.25, -0.2) is 18.1 Å². The first-order chi connectivity index (χ1) is 9.42. The van der Waals surface area contributed by atoms with Gasteiger partial charge in [-0.3, -0.25) is 0 Å². The summed E-state index contributed by atoms with van der Waals surface area (Å²) in [7, 11) is -2.08. The van der Waals surface area contributed by atoms with Gasteiger partial charge in [-0.05, 0) is 25.0 Å². The van der Waals surface area contributed by atoms with Crippen LogP contribution in [-0.2, 0) is 14.8 Å². The van der Waals surface area contributed by atoms with Gasteiger partial charge in [0.25, 0.3) is 0 Å². The third-order valence-electron chi connectivity index (χ3n) is 2.86. The summed E-state index contributed by atoms with van der Waals surface area (Å²) in [6.45, 7) is 6.71. The van der Waals surface area contributed by atoms with Crippen LogP contribution < -0.4 is 10.0 Å². The minimum Gasteiger partial charge on any atom is -0.383 e. The number of sulfonamides is 1. The van der Waals surface area contributed by atoms with Gasteiger partial charge in [-0.15, -0.1) is 0 Å². The van der Waals surface area contributed by atoms with Crippen LogP contribution in [0, 0.1) is 5.92 Å². The van der Waals surface area contributed by atoms with E-state index in [1.807, 2.05) is 20.8 Å². The molecular weight excluding hydrogens is 278 g/mol. The molecule has 0 fully saturated rings. The largest absolute Gasteiger partial charge is 0.383 e. The number of hydrogen-bond acceptors (Lipinski definition) is 5. The fourth-order valence-electron chi connectivity index (χ4n) is 1.71. The summed E-state index contributed by atoms with van der Waals surface area (Å²) in [6, 6.07) is 2.87. The van der Waals surface area contributed by atoms with Crippen LogP contribution in [0.1, 0.15) is 20.8 Å². The molecule has 1 aromatic rings. The molecule has 0 bridgehead atoms. The lowest BCUT2D eigenvalue weighted by atomic mass is 10.1. The Morgan fingerprint density at radius 2 is 2.10 bits per heavy atom.